The summed E-state index contributed by atoms with van der Waals surface area (Å²) in [5.41, 5.74) is -0.0453. The number of carbonyl (C=O) groups is 2. The molecule has 1 radical (unpaired) electrons. The number of benzene rings is 2. The molecule has 2 rings (SSSR count). The first-order valence-corrected chi connectivity index (χ1v) is 8.94. The molecule has 0 saturated heterocycles. The molecule has 171 valence electrons. The fraction of sp³-hybridized carbons (Fsp3) is 0.182. The normalized spacial score (nSPS) is 10.8. The Morgan fingerprint density at radius 1 is 0.774 bits per heavy atom. The Morgan fingerprint density at radius 3 is 1.39 bits per heavy atom. The molecular formula is C22H22CuF2O6. The van der Waals surface area contributed by atoms with Crippen LogP contribution in [0, 0.1) is 11.6 Å². The number of carbonyl (C=O) groups excluding carboxylic acids is 2. The zero-order chi connectivity index (χ0) is 22.5. The summed E-state index contributed by atoms with van der Waals surface area (Å²) in [7, 11) is 0. The molecule has 0 fully saturated rings. The summed E-state index contributed by atoms with van der Waals surface area (Å²) >= 11 is 0. The molecule has 0 bridgehead atoms. The van der Waals surface area contributed by atoms with Crippen LogP contribution in [0.15, 0.2) is 60.7 Å². The number of aliphatic hydroxyl groups excluding tert-OH is 2. The standard InChI is InChI=1S/2C11H11FO3.Cu/c2*1-2-15-11(14)7-10(13)8-5-3-4-6-9(8)12;/h2*3-7,13H,2H2,1H3;/b10-7+;10-7-;. The van der Waals surface area contributed by atoms with Crippen molar-refractivity contribution < 1.29 is 55.1 Å². The molecule has 9 heteroatoms. The molecule has 2 aromatic carbocycles. The molecule has 31 heavy (non-hydrogen) atoms. The SMILES string of the molecule is CCOC(=O)/C=C(/O)c1ccccc1F.CCOC(=O)/C=C(\O)c1ccccc1F.[Cu]. The van der Waals surface area contributed by atoms with Crippen LogP contribution in [0.5, 0.6) is 0 Å². The molecule has 6 nitrogen and oxygen atoms in total. The molecular weight excluding hydrogens is 462 g/mol. The molecule has 2 N–H and O–H groups in total. The van der Waals surface area contributed by atoms with E-state index in [-0.39, 0.29) is 41.4 Å². The predicted molar refractivity (Wildman–Crippen MR) is 107 cm³/mol. The zero-order valence-corrected chi connectivity index (χ0v) is 17.7. The molecule has 0 spiro atoms. The van der Waals surface area contributed by atoms with Crippen LogP contribution >= 0.6 is 0 Å². The van der Waals surface area contributed by atoms with Crippen molar-refractivity contribution in [2.75, 3.05) is 13.2 Å². The number of rotatable bonds is 6. The van der Waals surface area contributed by atoms with Crippen molar-refractivity contribution in [3.63, 3.8) is 0 Å². The van der Waals surface area contributed by atoms with E-state index in [1.54, 1.807) is 26.0 Å². The summed E-state index contributed by atoms with van der Waals surface area (Å²) in [5.74, 6) is -3.44. The molecule has 0 heterocycles. The smallest absolute Gasteiger partial charge is 0.334 e. The van der Waals surface area contributed by atoms with Gasteiger partial charge in [-0.05, 0) is 38.1 Å². The predicted octanol–water partition coefficient (Wildman–Crippen LogP) is 4.57. The largest absolute Gasteiger partial charge is 0.507 e. The van der Waals surface area contributed by atoms with Crippen LogP contribution in [0.3, 0.4) is 0 Å². The van der Waals surface area contributed by atoms with Crippen LogP contribution in [0.25, 0.3) is 11.5 Å². The van der Waals surface area contributed by atoms with E-state index in [2.05, 4.69) is 9.47 Å². The summed E-state index contributed by atoms with van der Waals surface area (Å²) in [5, 5.41) is 18.8. The number of esters is 2. The minimum absolute atomic E-state index is 0. The van der Waals surface area contributed by atoms with Gasteiger partial charge in [0.15, 0.2) is 0 Å². The quantitative estimate of drug-likeness (QED) is 0.270. The van der Waals surface area contributed by atoms with Gasteiger partial charge in [0.25, 0.3) is 0 Å². The van der Waals surface area contributed by atoms with Crippen molar-refractivity contribution in [3.8, 4) is 0 Å². The number of hydrogen-bond acceptors (Lipinski definition) is 6. The van der Waals surface area contributed by atoms with E-state index in [1.807, 2.05) is 0 Å². The molecule has 0 aliphatic heterocycles. The van der Waals surface area contributed by atoms with E-state index < -0.39 is 35.1 Å². The summed E-state index contributed by atoms with van der Waals surface area (Å²) in [6.07, 6.45) is 1.70. The Labute approximate surface area is 189 Å². The summed E-state index contributed by atoms with van der Waals surface area (Å²) < 4.78 is 35.4. The second-order valence-corrected chi connectivity index (χ2v) is 5.52. The van der Waals surface area contributed by atoms with Gasteiger partial charge in [0.2, 0.25) is 0 Å². The fourth-order valence-corrected chi connectivity index (χ4v) is 2.08. The fourth-order valence-electron chi connectivity index (χ4n) is 2.08. The van der Waals surface area contributed by atoms with Crippen molar-refractivity contribution in [1.82, 2.24) is 0 Å². The van der Waals surface area contributed by atoms with Crippen molar-refractivity contribution in [1.29, 1.82) is 0 Å². The van der Waals surface area contributed by atoms with E-state index in [0.29, 0.717) is 0 Å². The summed E-state index contributed by atoms with van der Waals surface area (Å²) in [6.45, 7) is 3.71. The average molecular weight is 484 g/mol. The molecule has 0 saturated carbocycles. The topological polar surface area (TPSA) is 93.1 Å². The van der Waals surface area contributed by atoms with Crippen LogP contribution < -0.4 is 0 Å². The number of hydrogen-bond donors (Lipinski definition) is 2. The third-order valence-corrected chi connectivity index (χ3v) is 3.38. The minimum Gasteiger partial charge on any atom is -0.507 e. The molecule has 0 aliphatic rings. The zero-order valence-electron chi connectivity index (χ0n) is 16.8. The molecule has 0 amide bonds. The monoisotopic (exact) mass is 483 g/mol. The molecule has 2 aromatic rings. The van der Waals surface area contributed by atoms with Gasteiger partial charge in [-0.15, -0.1) is 0 Å². The Kier molecular flexibility index (Phi) is 13.3. The van der Waals surface area contributed by atoms with Gasteiger partial charge in [0, 0.05) is 17.1 Å². The third kappa shape index (κ3) is 9.93. The van der Waals surface area contributed by atoms with Gasteiger partial charge in [0.1, 0.15) is 23.2 Å². The number of halogens is 2. The van der Waals surface area contributed by atoms with Gasteiger partial charge in [-0.2, -0.15) is 0 Å². The van der Waals surface area contributed by atoms with Crippen LogP contribution in [0.2, 0.25) is 0 Å². The van der Waals surface area contributed by atoms with Gasteiger partial charge >= 0.3 is 11.9 Å². The second kappa shape index (κ2) is 14.8. The molecule has 0 atom stereocenters. The third-order valence-electron chi connectivity index (χ3n) is 3.38. The van der Waals surface area contributed by atoms with Gasteiger partial charge in [0.05, 0.1) is 36.5 Å². The Bertz CT molecular complexity index is 852. The average Bonchev–Trinajstić information content (AvgIpc) is 2.69. The van der Waals surface area contributed by atoms with Gasteiger partial charge < -0.3 is 19.7 Å². The van der Waals surface area contributed by atoms with Crippen molar-refractivity contribution in [2.24, 2.45) is 0 Å². The van der Waals surface area contributed by atoms with E-state index in [0.717, 1.165) is 12.2 Å². The summed E-state index contributed by atoms with van der Waals surface area (Å²) in [6, 6.07) is 11.3. The Morgan fingerprint density at radius 2 is 1.10 bits per heavy atom. The summed E-state index contributed by atoms with van der Waals surface area (Å²) in [4.78, 5) is 21.9. The van der Waals surface area contributed by atoms with Crippen LogP contribution in [-0.4, -0.2) is 35.4 Å². The maximum Gasteiger partial charge on any atom is 0.334 e. The van der Waals surface area contributed by atoms with Gasteiger partial charge in [-0.1, -0.05) is 24.3 Å². The van der Waals surface area contributed by atoms with Gasteiger partial charge in [-0.25, -0.2) is 18.4 Å². The van der Waals surface area contributed by atoms with E-state index in [9.17, 15) is 28.6 Å². The number of aliphatic hydroxyl groups is 2. The molecule has 0 aromatic heterocycles. The first-order chi connectivity index (χ1) is 14.3. The van der Waals surface area contributed by atoms with Crippen molar-refractivity contribution >= 4 is 23.5 Å². The Hall–Kier alpha value is -3.16. The maximum absolute atomic E-state index is 13.1. The number of ether oxygens (including phenoxy) is 2. The van der Waals surface area contributed by atoms with Crippen LogP contribution in [0.1, 0.15) is 25.0 Å². The van der Waals surface area contributed by atoms with Crippen LogP contribution in [0.4, 0.5) is 8.78 Å². The second-order valence-electron chi connectivity index (χ2n) is 5.52. The molecule has 0 aliphatic carbocycles. The Balaban J connectivity index is 0.000000562. The van der Waals surface area contributed by atoms with E-state index in [4.69, 9.17) is 0 Å². The first-order valence-electron chi connectivity index (χ1n) is 8.94. The van der Waals surface area contributed by atoms with E-state index in [1.165, 1.54) is 36.4 Å². The van der Waals surface area contributed by atoms with E-state index >= 15 is 0 Å². The van der Waals surface area contributed by atoms with Crippen molar-refractivity contribution in [3.05, 3.63) is 83.4 Å². The minimum atomic E-state index is -0.696. The van der Waals surface area contributed by atoms with Crippen LogP contribution in [-0.2, 0) is 36.1 Å². The van der Waals surface area contributed by atoms with Crippen molar-refractivity contribution in [2.45, 2.75) is 13.8 Å². The molecule has 0 unspecified atom stereocenters. The first kappa shape index (κ1) is 27.8. The maximum atomic E-state index is 13.1. The van der Waals surface area contributed by atoms with Gasteiger partial charge in [-0.3, -0.25) is 0 Å².